The Bertz CT molecular complexity index is 1190. The van der Waals surface area contributed by atoms with Gasteiger partial charge in [-0.25, -0.2) is 4.98 Å². The van der Waals surface area contributed by atoms with Crippen molar-refractivity contribution in [2.75, 3.05) is 19.8 Å². The molecule has 0 spiro atoms. The van der Waals surface area contributed by atoms with E-state index in [1.807, 2.05) is 23.7 Å². The lowest BCUT2D eigenvalue weighted by Crippen LogP contribution is -2.33. The van der Waals surface area contributed by atoms with Gasteiger partial charge in [0.2, 0.25) is 0 Å². The number of aromatic nitrogens is 3. The van der Waals surface area contributed by atoms with Crippen LogP contribution >= 0.6 is 0 Å². The first-order valence-electron chi connectivity index (χ1n) is 11.5. The number of nitrogens with one attached hydrogen (secondary N) is 1. The third-order valence-electron chi connectivity index (χ3n) is 6.46. The molecule has 1 aliphatic carbocycles. The fraction of sp³-hybridized carbons (Fsp3) is 0.458. The van der Waals surface area contributed by atoms with Crippen molar-refractivity contribution >= 4 is 5.91 Å². The molecule has 0 saturated carbocycles. The summed E-state index contributed by atoms with van der Waals surface area (Å²) in [6.07, 6.45) is 7.27. The zero-order valence-electron chi connectivity index (χ0n) is 18.5. The number of nitrogens with zero attached hydrogens (tertiary/aromatic N) is 3. The number of aryl methyl sites for hydroxylation is 2. The summed E-state index contributed by atoms with van der Waals surface area (Å²) >= 11 is 0. The Balaban J connectivity index is 1.19. The third-order valence-corrected chi connectivity index (χ3v) is 6.46. The van der Waals surface area contributed by atoms with Crippen LogP contribution in [0.2, 0.25) is 0 Å². The van der Waals surface area contributed by atoms with Crippen molar-refractivity contribution in [1.82, 2.24) is 20.1 Å². The molecular formula is C24H26N4O5. The first-order chi connectivity index (χ1) is 16.2. The molecule has 6 rings (SSSR count). The molecule has 33 heavy (non-hydrogen) atoms. The molecule has 172 valence electrons. The normalized spacial score (nSPS) is 20.9. The number of furan rings is 1. The van der Waals surface area contributed by atoms with Crippen LogP contribution in [0.1, 0.15) is 40.3 Å². The van der Waals surface area contributed by atoms with Gasteiger partial charge < -0.3 is 23.9 Å². The Morgan fingerprint density at radius 3 is 3.12 bits per heavy atom. The summed E-state index contributed by atoms with van der Waals surface area (Å²) < 4.78 is 25.3. The Labute approximate surface area is 191 Å². The number of ether oxygens (including phenoxy) is 3. The van der Waals surface area contributed by atoms with Crippen LogP contribution in [0.5, 0.6) is 11.6 Å². The minimum absolute atomic E-state index is 0.0925. The van der Waals surface area contributed by atoms with Crippen molar-refractivity contribution in [2.45, 2.75) is 51.4 Å². The van der Waals surface area contributed by atoms with Crippen LogP contribution in [-0.2, 0) is 24.1 Å². The van der Waals surface area contributed by atoms with E-state index in [4.69, 9.17) is 23.7 Å². The maximum atomic E-state index is 12.8. The van der Waals surface area contributed by atoms with Crippen LogP contribution in [0.25, 0.3) is 11.3 Å². The average Bonchev–Trinajstić information content (AvgIpc) is 3.56. The molecule has 9 nitrogen and oxygen atoms in total. The Kier molecular flexibility index (Phi) is 5.05. The molecule has 0 bridgehead atoms. The van der Waals surface area contributed by atoms with Gasteiger partial charge in [-0.3, -0.25) is 9.48 Å². The molecule has 0 radical (unpaired) electrons. The lowest BCUT2D eigenvalue weighted by molar-refractivity contribution is 0.0716. The van der Waals surface area contributed by atoms with Crippen molar-refractivity contribution in [3.8, 4) is 22.9 Å². The molecule has 1 N–H and O–H groups in total. The molecule has 3 aromatic rings. The van der Waals surface area contributed by atoms with Gasteiger partial charge in [-0.05, 0) is 43.9 Å². The van der Waals surface area contributed by atoms with Gasteiger partial charge in [0.05, 0.1) is 18.3 Å². The molecule has 2 atom stereocenters. The molecule has 2 aliphatic heterocycles. The minimum Gasteiger partial charge on any atom is -0.479 e. The zero-order valence-corrected chi connectivity index (χ0v) is 18.5. The highest BCUT2D eigenvalue weighted by atomic mass is 16.6. The summed E-state index contributed by atoms with van der Waals surface area (Å²) in [7, 11) is 0. The van der Waals surface area contributed by atoms with Gasteiger partial charge in [0.15, 0.2) is 17.6 Å². The van der Waals surface area contributed by atoms with E-state index in [1.54, 1.807) is 6.20 Å². The highest BCUT2D eigenvalue weighted by Crippen LogP contribution is 2.38. The van der Waals surface area contributed by atoms with E-state index >= 15 is 0 Å². The summed E-state index contributed by atoms with van der Waals surface area (Å²) in [6, 6.07) is 3.68. The first kappa shape index (κ1) is 20.3. The molecular weight excluding hydrogens is 424 g/mol. The predicted octanol–water partition coefficient (Wildman–Crippen LogP) is 2.69. The zero-order chi connectivity index (χ0) is 22.4. The van der Waals surface area contributed by atoms with Crippen LogP contribution in [0, 0.1) is 6.92 Å². The highest BCUT2D eigenvalue weighted by molar-refractivity contribution is 5.95. The predicted molar refractivity (Wildman–Crippen MR) is 118 cm³/mol. The number of rotatable bonds is 5. The van der Waals surface area contributed by atoms with Crippen LogP contribution in [0.4, 0.5) is 0 Å². The summed E-state index contributed by atoms with van der Waals surface area (Å²) in [5.74, 6) is 2.17. The van der Waals surface area contributed by atoms with Gasteiger partial charge >= 0.3 is 0 Å². The second kappa shape index (κ2) is 8.22. The summed E-state index contributed by atoms with van der Waals surface area (Å²) in [6.45, 7) is 4.18. The molecule has 5 heterocycles. The van der Waals surface area contributed by atoms with Gasteiger partial charge in [0.25, 0.3) is 11.8 Å². The van der Waals surface area contributed by atoms with Gasteiger partial charge in [0, 0.05) is 43.1 Å². The van der Waals surface area contributed by atoms with Crippen LogP contribution in [-0.4, -0.2) is 52.6 Å². The van der Waals surface area contributed by atoms with E-state index in [0.29, 0.717) is 37.1 Å². The lowest BCUT2D eigenvalue weighted by Gasteiger charge is -2.25. The smallest absolute Gasteiger partial charge is 0.287 e. The summed E-state index contributed by atoms with van der Waals surface area (Å²) in [5, 5.41) is 7.80. The van der Waals surface area contributed by atoms with E-state index in [-0.39, 0.29) is 18.1 Å². The monoisotopic (exact) mass is 450 g/mol. The van der Waals surface area contributed by atoms with Gasteiger partial charge in [0.1, 0.15) is 12.4 Å². The van der Waals surface area contributed by atoms with Crippen LogP contribution in [0.15, 0.2) is 28.9 Å². The second-order valence-electron chi connectivity index (χ2n) is 8.78. The number of amides is 1. The first-order valence-corrected chi connectivity index (χ1v) is 11.5. The molecule has 3 aromatic heterocycles. The fourth-order valence-electron chi connectivity index (χ4n) is 4.82. The standard InChI is InChI=1S/C24H26N4O5/c1-14-20-18(33-22(14)23(29)26-10-16-4-3-9-30-16)7-6-15-11-28(27-21(15)20)12-17-13-31-24-19(32-17)5-2-8-25-24/h2,5,8,11,16-17H,3-4,6-7,9-10,12-13H2,1H3,(H,26,29)/t16?,17-/m0/s1. The molecule has 1 amide bonds. The van der Waals surface area contributed by atoms with Crippen molar-refractivity contribution in [1.29, 1.82) is 0 Å². The largest absolute Gasteiger partial charge is 0.479 e. The van der Waals surface area contributed by atoms with Crippen LogP contribution in [0.3, 0.4) is 0 Å². The average molecular weight is 450 g/mol. The molecule has 0 aromatic carbocycles. The minimum atomic E-state index is -0.196. The maximum Gasteiger partial charge on any atom is 0.287 e. The Morgan fingerprint density at radius 2 is 2.24 bits per heavy atom. The van der Waals surface area contributed by atoms with E-state index in [1.165, 1.54) is 0 Å². The number of carbonyl (C=O) groups excluding carboxylic acids is 1. The molecule has 9 heteroatoms. The van der Waals surface area contributed by atoms with E-state index in [2.05, 4.69) is 16.5 Å². The van der Waals surface area contributed by atoms with E-state index < -0.39 is 0 Å². The number of pyridine rings is 1. The number of carbonyl (C=O) groups is 1. The summed E-state index contributed by atoms with van der Waals surface area (Å²) in [5.41, 5.74) is 3.80. The topological polar surface area (TPSA) is 101 Å². The number of fused-ring (bicyclic) bond motifs is 4. The Hall–Kier alpha value is -3.33. The third kappa shape index (κ3) is 3.76. The van der Waals surface area contributed by atoms with Crippen molar-refractivity contribution in [2.24, 2.45) is 0 Å². The van der Waals surface area contributed by atoms with Crippen molar-refractivity contribution in [3.05, 3.63) is 47.2 Å². The van der Waals surface area contributed by atoms with Gasteiger partial charge in [-0.1, -0.05) is 0 Å². The van der Waals surface area contributed by atoms with Gasteiger partial charge in [-0.2, -0.15) is 5.10 Å². The van der Waals surface area contributed by atoms with Gasteiger partial charge in [-0.15, -0.1) is 0 Å². The molecule has 1 saturated heterocycles. The van der Waals surface area contributed by atoms with Crippen LogP contribution < -0.4 is 14.8 Å². The maximum absolute atomic E-state index is 12.8. The summed E-state index contributed by atoms with van der Waals surface area (Å²) in [4.78, 5) is 17.0. The lowest BCUT2D eigenvalue weighted by atomic mass is 9.93. The van der Waals surface area contributed by atoms with Crippen molar-refractivity contribution in [3.63, 3.8) is 0 Å². The molecule has 1 fully saturated rings. The molecule has 1 unspecified atom stereocenters. The quantitative estimate of drug-likeness (QED) is 0.638. The SMILES string of the molecule is Cc1c(C(=O)NCC2CCCO2)oc2c1-c1nn(C[C@H]3COc4ncccc4O3)cc1CC2. The number of hydrogen-bond donors (Lipinski definition) is 1. The Morgan fingerprint density at radius 1 is 1.30 bits per heavy atom. The number of hydrogen-bond acceptors (Lipinski definition) is 7. The second-order valence-corrected chi connectivity index (χ2v) is 8.78. The van der Waals surface area contributed by atoms with E-state index in [9.17, 15) is 4.79 Å². The molecule has 3 aliphatic rings. The van der Waals surface area contributed by atoms with E-state index in [0.717, 1.165) is 60.4 Å². The van der Waals surface area contributed by atoms with Crippen molar-refractivity contribution < 1.29 is 23.4 Å². The highest BCUT2D eigenvalue weighted by Gasteiger charge is 2.31. The fourth-order valence-corrected chi connectivity index (χ4v) is 4.82.